The first-order chi connectivity index (χ1) is 8.24. The third kappa shape index (κ3) is 1.58. The van der Waals surface area contributed by atoms with E-state index in [-0.39, 0.29) is 17.7 Å². The first-order valence-corrected chi connectivity index (χ1v) is 5.82. The van der Waals surface area contributed by atoms with E-state index in [9.17, 15) is 9.50 Å². The van der Waals surface area contributed by atoms with E-state index in [1.165, 1.54) is 12.5 Å². The molecule has 2 aliphatic rings. The number of rotatable bonds is 2. The van der Waals surface area contributed by atoms with Crippen molar-refractivity contribution >= 4 is 5.69 Å². The molecular weight excluding hydrogens is 219 g/mol. The van der Waals surface area contributed by atoms with E-state index in [1.807, 2.05) is 0 Å². The van der Waals surface area contributed by atoms with Gasteiger partial charge in [0.15, 0.2) is 0 Å². The van der Waals surface area contributed by atoms with Crippen LogP contribution in [0.25, 0.3) is 0 Å². The standard InChI is InChI=1S/C13H13FN2O/c14-13-8(4-15)1-2-12(11(13)7-17)16-5-9-3-10(9)6-16/h1-2,9-10,17H,3,5-7H2. The van der Waals surface area contributed by atoms with Crippen LogP contribution in [-0.4, -0.2) is 18.2 Å². The zero-order valence-corrected chi connectivity index (χ0v) is 9.36. The molecular formula is C13H13FN2O. The summed E-state index contributed by atoms with van der Waals surface area (Å²) in [5, 5.41) is 18.0. The predicted octanol–water partition coefficient (Wildman–Crippen LogP) is 1.65. The highest BCUT2D eigenvalue weighted by Crippen LogP contribution is 2.47. The summed E-state index contributed by atoms with van der Waals surface area (Å²) in [4.78, 5) is 2.12. The minimum absolute atomic E-state index is 0.00200. The maximum atomic E-state index is 13.9. The summed E-state index contributed by atoms with van der Waals surface area (Å²) in [6.45, 7) is 1.54. The van der Waals surface area contributed by atoms with Gasteiger partial charge in [0.2, 0.25) is 0 Å². The number of hydrogen-bond donors (Lipinski definition) is 1. The Morgan fingerprint density at radius 1 is 1.41 bits per heavy atom. The van der Waals surface area contributed by atoms with Crippen molar-refractivity contribution < 1.29 is 9.50 Å². The number of halogens is 1. The summed E-state index contributed by atoms with van der Waals surface area (Å²) in [6, 6.07) is 5.04. The molecule has 2 fully saturated rings. The van der Waals surface area contributed by atoms with Crippen molar-refractivity contribution in [1.29, 1.82) is 5.26 Å². The Bertz CT molecular complexity index is 499. The number of aliphatic hydroxyl groups is 1. The Labute approximate surface area is 99.1 Å². The molecule has 1 saturated heterocycles. The third-order valence-corrected chi connectivity index (χ3v) is 3.82. The molecule has 1 N–H and O–H groups in total. The molecule has 1 aliphatic heterocycles. The molecule has 88 valence electrons. The lowest BCUT2D eigenvalue weighted by molar-refractivity contribution is 0.276. The van der Waals surface area contributed by atoms with Crippen molar-refractivity contribution in [2.24, 2.45) is 11.8 Å². The van der Waals surface area contributed by atoms with Crippen LogP contribution < -0.4 is 4.90 Å². The highest BCUT2D eigenvalue weighted by atomic mass is 19.1. The van der Waals surface area contributed by atoms with Crippen LogP contribution in [0.4, 0.5) is 10.1 Å². The van der Waals surface area contributed by atoms with Gasteiger partial charge in [-0.3, -0.25) is 0 Å². The van der Waals surface area contributed by atoms with Crippen LogP contribution in [0.2, 0.25) is 0 Å². The minimum atomic E-state index is -0.576. The second-order valence-electron chi connectivity index (χ2n) is 4.86. The number of aliphatic hydroxyl groups excluding tert-OH is 1. The molecule has 1 saturated carbocycles. The molecule has 0 spiro atoms. The number of piperidine rings is 1. The van der Waals surface area contributed by atoms with Crippen LogP contribution in [-0.2, 0) is 6.61 Å². The number of nitriles is 1. The molecule has 1 aromatic rings. The van der Waals surface area contributed by atoms with Crippen LogP contribution in [0.1, 0.15) is 17.5 Å². The van der Waals surface area contributed by atoms with Crippen molar-refractivity contribution in [3.05, 3.63) is 29.1 Å². The van der Waals surface area contributed by atoms with Crippen LogP contribution >= 0.6 is 0 Å². The van der Waals surface area contributed by atoms with Crippen molar-refractivity contribution in [3.63, 3.8) is 0 Å². The lowest BCUT2D eigenvalue weighted by Crippen LogP contribution is -2.23. The molecule has 4 heteroatoms. The van der Waals surface area contributed by atoms with Crippen molar-refractivity contribution in [2.45, 2.75) is 13.0 Å². The maximum Gasteiger partial charge on any atom is 0.148 e. The van der Waals surface area contributed by atoms with Gasteiger partial charge in [-0.05, 0) is 30.4 Å². The van der Waals surface area contributed by atoms with Gasteiger partial charge in [-0.2, -0.15) is 5.26 Å². The first-order valence-electron chi connectivity index (χ1n) is 5.82. The summed E-state index contributed by atoms with van der Waals surface area (Å²) >= 11 is 0. The van der Waals surface area contributed by atoms with E-state index in [1.54, 1.807) is 12.1 Å². The van der Waals surface area contributed by atoms with Crippen LogP contribution in [0.15, 0.2) is 12.1 Å². The van der Waals surface area contributed by atoms with Crippen LogP contribution in [0.5, 0.6) is 0 Å². The number of benzene rings is 1. The number of anilines is 1. The summed E-state index contributed by atoms with van der Waals surface area (Å²) in [5.41, 5.74) is 1.00. The van der Waals surface area contributed by atoms with E-state index < -0.39 is 5.82 Å². The molecule has 17 heavy (non-hydrogen) atoms. The van der Waals surface area contributed by atoms with Gasteiger partial charge < -0.3 is 10.0 Å². The van der Waals surface area contributed by atoms with Crippen LogP contribution in [0.3, 0.4) is 0 Å². The second-order valence-corrected chi connectivity index (χ2v) is 4.86. The monoisotopic (exact) mass is 232 g/mol. The molecule has 0 amide bonds. The molecule has 3 nitrogen and oxygen atoms in total. The number of nitrogens with zero attached hydrogens (tertiary/aromatic N) is 2. The Kier molecular flexibility index (Phi) is 2.30. The minimum Gasteiger partial charge on any atom is -0.391 e. The van der Waals surface area contributed by atoms with Crippen molar-refractivity contribution in [1.82, 2.24) is 0 Å². The average molecular weight is 232 g/mol. The van der Waals surface area contributed by atoms with Gasteiger partial charge in [-0.15, -0.1) is 0 Å². The Morgan fingerprint density at radius 2 is 2.12 bits per heavy atom. The van der Waals surface area contributed by atoms with Gasteiger partial charge >= 0.3 is 0 Å². The Balaban J connectivity index is 1.99. The average Bonchev–Trinajstić information content (AvgIpc) is 2.96. The lowest BCUT2D eigenvalue weighted by atomic mass is 10.1. The van der Waals surface area contributed by atoms with Crippen molar-refractivity contribution in [3.8, 4) is 6.07 Å². The quantitative estimate of drug-likeness (QED) is 0.843. The molecule has 1 aromatic carbocycles. The molecule has 0 bridgehead atoms. The van der Waals surface area contributed by atoms with E-state index in [2.05, 4.69) is 4.90 Å². The number of fused-ring (bicyclic) bond motifs is 1. The summed E-state index contributed by atoms with van der Waals surface area (Å²) < 4.78 is 13.9. The molecule has 2 unspecified atom stereocenters. The normalized spacial score (nSPS) is 25.6. The Morgan fingerprint density at radius 3 is 2.71 bits per heavy atom. The van der Waals surface area contributed by atoms with Gasteiger partial charge in [0.1, 0.15) is 11.9 Å². The zero-order chi connectivity index (χ0) is 12.0. The second kappa shape index (κ2) is 3.71. The molecule has 0 aromatic heterocycles. The summed E-state index contributed by atoms with van der Waals surface area (Å²) in [5.74, 6) is 0.925. The first kappa shape index (κ1) is 10.5. The van der Waals surface area contributed by atoms with E-state index in [4.69, 9.17) is 5.26 Å². The smallest absolute Gasteiger partial charge is 0.148 e. The topological polar surface area (TPSA) is 47.3 Å². The summed E-state index contributed by atoms with van der Waals surface area (Å²) in [6.07, 6.45) is 1.28. The van der Waals surface area contributed by atoms with Gasteiger partial charge in [-0.25, -0.2) is 4.39 Å². The fourth-order valence-corrected chi connectivity index (χ4v) is 2.74. The van der Waals surface area contributed by atoms with Crippen LogP contribution in [0, 0.1) is 29.0 Å². The fraction of sp³-hybridized carbons (Fsp3) is 0.462. The molecule has 3 rings (SSSR count). The highest BCUT2D eigenvalue weighted by Gasteiger charge is 2.45. The molecule has 0 radical (unpaired) electrons. The van der Waals surface area contributed by atoms with E-state index in [0.29, 0.717) is 0 Å². The van der Waals surface area contributed by atoms with Crippen molar-refractivity contribution in [2.75, 3.05) is 18.0 Å². The SMILES string of the molecule is N#Cc1ccc(N2CC3CC3C2)c(CO)c1F. The van der Waals surface area contributed by atoms with Gasteiger partial charge in [0.05, 0.1) is 12.2 Å². The van der Waals surface area contributed by atoms with Gasteiger partial charge in [0, 0.05) is 24.3 Å². The zero-order valence-electron chi connectivity index (χ0n) is 9.36. The van der Waals surface area contributed by atoms with Gasteiger partial charge in [0.25, 0.3) is 0 Å². The van der Waals surface area contributed by atoms with E-state index >= 15 is 0 Å². The summed E-state index contributed by atoms with van der Waals surface area (Å²) in [7, 11) is 0. The largest absolute Gasteiger partial charge is 0.391 e. The molecule has 1 aliphatic carbocycles. The van der Waals surface area contributed by atoms with Gasteiger partial charge in [-0.1, -0.05) is 0 Å². The Hall–Kier alpha value is -1.60. The fourth-order valence-electron chi connectivity index (χ4n) is 2.74. The number of hydrogen-bond acceptors (Lipinski definition) is 3. The van der Waals surface area contributed by atoms with E-state index in [0.717, 1.165) is 30.6 Å². The molecule has 2 atom stereocenters. The lowest BCUT2D eigenvalue weighted by Gasteiger charge is -2.23. The maximum absolute atomic E-state index is 13.9. The predicted molar refractivity (Wildman–Crippen MR) is 60.8 cm³/mol. The highest BCUT2D eigenvalue weighted by molar-refractivity contribution is 5.58. The third-order valence-electron chi connectivity index (χ3n) is 3.82. The molecule has 1 heterocycles.